The average Bonchev–Trinajstić information content (AvgIpc) is 3.57. The molecule has 5 rings (SSSR count). The van der Waals surface area contributed by atoms with Gasteiger partial charge in [0.2, 0.25) is 0 Å². The maximum atomic E-state index is 12.9. The Morgan fingerprint density at radius 1 is 0.974 bits per heavy atom. The van der Waals surface area contributed by atoms with Gasteiger partial charge in [-0.05, 0) is 42.7 Å². The topological polar surface area (TPSA) is 82.3 Å². The third kappa shape index (κ3) is 5.88. The number of unbranched alkanes of at least 4 members (excludes halogenated alkanes) is 3. The monoisotopic (exact) mass is 564 g/mol. The molecule has 0 saturated carbocycles. The van der Waals surface area contributed by atoms with E-state index in [-0.39, 0.29) is 0 Å². The molecule has 3 heterocycles. The summed E-state index contributed by atoms with van der Waals surface area (Å²) in [5.41, 5.74) is 3.53. The highest BCUT2D eigenvalue weighted by molar-refractivity contribution is 7.20. The summed E-state index contributed by atoms with van der Waals surface area (Å²) in [7, 11) is 0. The van der Waals surface area contributed by atoms with E-state index in [1.165, 1.54) is 29.6 Å². The van der Waals surface area contributed by atoms with Crippen molar-refractivity contribution in [2.75, 3.05) is 0 Å². The summed E-state index contributed by atoms with van der Waals surface area (Å²) in [5.74, 6) is 0.0307. The van der Waals surface area contributed by atoms with Gasteiger partial charge in [0.25, 0.3) is 0 Å². The van der Waals surface area contributed by atoms with Crippen molar-refractivity contribution in [3.05, 3.63) is 74.2 Å². The van der Waals surface area contributed by atoms with Crippen molar-refractivity contribution in [2.24, 2.45) is 0 Å². The van der Waals surface area contributed by atoms with Gasteiger partial charge in [0, 0.05) is 39.7 Å². The molecule has 6 nitrogen and oxygen atoms in total. The predicted molar refractivity (Wildman–Crippen MR) is 154 cm³/mol. The second-order valence-electron chi connectivity index (χ2n) is 8.93. The number of nitrogens with zero attached hydrogens (tertiary/aromatic N) is 2. The summed E-state index contributed by atoms with van der Waals surface area (Å²) in [6, 6.07) is 12.9. The first-order valence-corrected chi connectivity index (χ1v) is 14.5. The molecule has 0 N–H and O–H groups in total. The molecule has 0 spiro atoms. The molecule has 0 bridgehead atoms. The van der Waals surface area contributed by atoms with Gasteiger partial charge in [0.1, 0.15) is 11.3 Å². The normalized spacial score (nSPS) is 11.2. The summed E-state index contributed by atoms with van der Waals surface area (Å²) >= 11 is 8.93. The van der Waals surface area contributed by atoms with Gasteiger partial charge >= 0.3 is 11.6 Å². The molecule has 2 aromatic carbocycles. The number of hydrogen-bond acceptors (Lipinski definition) is 8. The van der Waals surface area contributed by atoms with E-state index in [1.54, 1.807) is 12.1 Å². The number of carbonyl (C=O) groups excluding carboxylic acids is 1. The molecule has 0 aliphatic rings. The zero-order valence-electron chi connectivity index (χ0n) is 21.0. The fourth-order valence-electron chi connectivity index (χ4n) is 4.18. The molecule has 0 fully saturated rings. The molecule has 0 aliphatic carbocycles. The van der Waals surface area contributed by atoms with Crippen molar-refractivity contribution in [2.45, 2.75) is 46.0 Å². The zero-order chi connectivity index (χ0) is 26.6. The Kier molecular flexibility index (Phi) is 8.02. The fraction of sp³-hybridized carbons (Fsp3) is 0.241. The van der Waals surface area contributed by atoms with Crippen molar-refractivity contribution in [1.82, 2.24) is 9.97 Å². The lowest BCUT2D eigenvalue weighted by Gasteiger charge is -2.11. The number of carbonyl (C=O) groups is 1. The summed E-state index contributed by atoms with van der Waals surface area (Å²) in [5, 5.41) is 6.76. The predicted octanol–water partition coefficient (Wildman–Crippen LogP) is 8.41. The lowest BCUT2D eigenvalue weighted by molar-refractivity contribution is -0.131. The first-order valence-electron chi connectivity index (χ1n) is 12.4. The van der Waals surface area contributed by atoms with Crippen LogP contribution in [0.5, 0.6) is 5.75 Å². The average molecular weight is 565 g/mol. The van der Waals surface area contributed by atoms with Gasteiger partial charge in [-0.1, -0.05) is 49.9 Å². The van der Waals surface area contributed by atoms with E-state index in [0.29, 0.717) is 27.6 Å². The van der Waals surface area contributed by atoms with Gasteiger partial charge in [-0.25, -0.2) is 14.8 Å². The third-order valence-corrected chi connectivity index (χ3v) is 8.16. The molecule has 3 aromatic heterocycles. The van der Waals surface area contributed by atoms with Crippen LogP contribution in [0.15, 0.2) is 62.4 Å². The van der Waals surface area contributed by atoms with Crippen LogP contribution in [0, 0.1) is 0 Å². The zero-order valence-corrected chi connectivity index (χ0v) is 23.3. The van der Waals surface area contributed by atoms with Crippen LogP contribution in [0.4, 0.5) is 0 Å². The van der Waals surface area contributed by atoms with E-state index in [0.717, 1.165) is 64.3 Å². The highest BCUT2D eigenvalue weighted by atomic mass is 35.5. The number of aromatic nitrogens is 2. The highest BCUT2D eigenvalue weighted by Crippen LogP contribution is 2.34. The Morgan fingerprint density at radius 3 is 2.39 bits per heavy atom. The van der Waals surface area contributed by atoms with Crippen molar-refractivity contribution >= 4 is 51.2 Å². The van der Waals surface area contributed by atoms with Crippen LogP contribution in [0.2, 0.25) is 5.02 Å². The van der Waals surface area contributed by atoms with Gasteiger partial charge in [0.05, 0.1) is 17.0 Å². The smallest absolute Gasteiger partial charge is 0.345 e. The van der Waals surface area contributed by atoms with Crippen LogP contribution in [-0.2, 0) is 11.2 Å². The maximum absolute atomic E-state index is 12.9. The number of aryl methyl sites for hydroxylation is 1. The molecular weight excluding hydrogens is 540 g/mol. The minimum Gasteiger partial charge on any atom is -0.426 e. The number of thiazole rings is 2. The first kappa shape index (κ1) is 26.3. The van der Waals surface area contributed by atoms with Crippen LogP contribution >= 0.6 is 34.3 Å². The van der Waals surface area contributed by atoms with Crippen LogP contribution in [0.25, 0.3) is 43.5 Å². The van der Waals surface area contributed by atoms with E-state index in [2.05, 4.69) is 6.92 Å². The first-order chi connectivity index (χ1) is 18.4. The molecule has 0 saturated heterocycles. The molecule has 0 radical (unpaired) electrons. The van der Waals surface area contributed by atoms with Gasteiger partial charge < -0.3 is 9.15 Å². The highest BCUT2D eigenvalue weighted by Gasteiger charge is 2.17. The van der Waals surface area contributed by atoms with E-state index in [1.807, 2.05) is 41.1 Å². The summed E-state index contributed by atoms with van der Waals surface area (Å²) in [6.07, 6.45) is 5.15. The number of benzene rings is 2. The summed E-state index contributed by atoms with van der Waals surface area (Å²) in [6.45, 7) is 3.53. The fourth-order valence-corrected chi connectivity index (χ4v) is 6.01. The second kappa shape index (κ2) is 11.6. The number of fused-ring (bicyclic) bond motifs is 1. The van der Waals surface area contributed by atoms with Crippen molar-refractivity contribution in [1.29, 1.82) is 0 Å². The third-order valence-electron chi connectivity index (χ3n) is 6.08. The lowest BCUT2D eigenvalue weighted by atomic mass is 10.0. The Morgan fingerprint density at radius 2 is 1.68 bits per heavy atom. The van der Waals surface area contributed by atoms with E-state index in [4.69, 9.17) is 30.7 Å². The van der Waals surface area contributed by atoms with Crippen LogP contribution in [-0.4, -0.2) is 15.9 Å². The molecule has 9 heteroatoms. The van der Waals surface area contributed by atoms with Gasteiger partial charge in [-0.15, -0.1) is 22.7 Å². The number of hydrogen-bond donors (Lipinski definition) is 0. The number of esters is 1. The lowest BCUT2D eigenvalue weighted by Crippen LogP contribution is -2.06. The summed E-state index contributed by atoms with van der Waals surface area (Å²) in [4.78, 5) is 34.0. The van der Waals surface area contributed by atoms with E-state index < -0.39 is 11.6 Å². The van der Waals surface area contributed by atoms with Crippen LogP contribution < -0.4 is 10.4 Å². The Hall–Kier alpha value is -3.33. The van der Waals surface area contributed by atoms with Gasteiger partial charge in [0.15, 0.2) is 10.0 Å². The summed E-state index contributed by atoms with van der Waals surface area (Å²) < 4.78 is 11.1. The maximum Gasteiger partial charge on any atom is 0.345 e. The van der Waals surface area contributed by atoms with Gasteiger partial charge in [-0.3, -0.25) is 4.79 Å². The minimum absolute atomic E-state index is 0.371. The van der Waals surface area contributed by atoms with E-state index in [9.17, 15) is 9.59 Å². The SMILES string of the molecule is CCCCCCc1cc2cc(-c3csc(-c4nc(-c5ccc(Cl)cc5)cs4)n3)c(=O)oc2cc1OC(C)=O. The molecular formula is C29H25ClN2O4S2. The Labute approximate surface area is 232 Å². The molecule has 0 atom stereocenters. The van der Waals surface area contributed by atoms with Crippen molar-refractivity contribution in [3.8, 4) is 38.3 Å². The Balaban J connectivity index is 1.46. The molecule has 5 aromatic rings. The van der Waals surface area contributed by atoms with Crippen LogP contribution in [0.1, 0.15) is 45.1 Å². The number of halogens is 1. The largest absolute Gasteiger partial charge is 0.426 e. The van der Waals surface area contributed by atoms with E-state index >= 15 is 0 Å². The molecule has 0 unspecified atom stereocenters. The number of rotatable bonds is 9. The minimum atomic E-state index is -0.500. The molecule has 0 amide bonds. The van der Waals surface area contributed by atoms with Crippen LogP contribution in [0.3, 0.4) is 0 Å². The van der Waals surface area contributed by atoms with Crippen molar-refractivity contribution < 1.29 is 13.9 Å². The standard InChI is InChI=1S/C29H25ClN2O4S2/c1-3-4-5-6-7-19-12-20-13-22(29(34)36-26(20)14-25(19)35-17(2)33)24-16-38-28(32-24)27-31-23(15-37-27)18-8-10-21(30)11-9-18/h8-16H,3-7H2,1-2H3. The quantitative estimate of drug-likeness (QED) is 0.0773. The Bertz CT molecular complexity index is 1650. The molecule has 0 aliphatic heterocycles. The second-order valence-corrected chi connectivity index (χ2v) is 11.1. The number of ether oxygens (including phenoxy) is 1. The molecule has 38 heavy (non-hydrogen) atoms. The molecule has 194 valence electrons. The van der Waals surface area contributed by atoms with Gasteiger partial charge in [-0.2, -0.15) is 0 Å². The van der Waals surface area contributed by atoms with Crippen molar-refractivity contribution in [3.63, 3.8) is 0 Å².